The third kappa shape index (κ3) is 3.23. The SMILES string of the molecule is Cc1cccc(CCNC(=O)c2nc[nH]c2C(=O)O)c1. The van der Waals surface area contributed by atoms with E-state index in [-0.39, 0.29) is 11.4 Å². The molecule has 0 unspecified atom stereocenters. The van der Waals surface area contributed by atoms with Crippen molar-refractivity contribution in [2.24, 2.45) is 0 Å². The first-order valence-corrected chi connectivity index (χ1v) is 6.18. The van der Waals surface area contributed by atoms with Gasteiger partial charge in [-0.05, 0) is 18.9 Å². The van der Waals surface area contributed by atoms with Gasteiger partial charge in [-0.25, -0.2) is 9.78 Å². The number of H-pyrrole nitrogens is 1. The van der Waals surface area contributed by atoms with Crippen molar-refractivity contribution in [3.63, 3.8) is 0 Å². The Morgan fingerprint density at radius 2 is 2.20 bits per heavy atom. The Morgan fingerprint density at radius 3 is 2.90 bits per heavy atom. The van der Waals surface area contributed by atoms with Gasteiger partial charge in [0, 0.05) is 6.54 Å². The third-order valence-electron chi connectivity index (χ3n) is 2.85. The number of aromatic amines is 1. The van der Waals surface area contributed by atoms with Crippen molar-refractivity contribution in [3.8, 4) is 0 Å². The Morgan fingerprint density at radius 1 is 1.40 bits per heavy atom. The van der Waals surface area contributed by atoms with Crippen LogP contribution in [-0.2, 0) is 6.42 Å². The Bertz CT molecular complexity index is 634. The number of hydrogen-bond donors (Lipinski definition) is 3. The molecule has 2 aromatic rings. The fourth-order valence-electron chi connectivity index (χ4n) is 1.90. The van der Waals surface area contributed by atoms with Crippen molar-refractivity contribution in [3.05, 3.63) is 53.1 Å². The van der Waals surface area contributed by atoms with Crippen LogP contribution in [0.15, 0.2) is 30.6 Å². The predicted octanol–water partition coefficient (Wildman–Crippen LogP) is 1.39. The number of benzene rings is 1. The number of aromatic carboxylic acids is 1. The minimum Gasteiger partial charge on any atom is -0.477 e. The van der Waals surface area contributed by atoms with Crippen molar-refractivity contribution in [2.75, 3.05) is 6.54 Å². The Kier molecular flexibility index (Phi) is 4.14. The summed E-state index contributed by atoms with van der Waals surface area (Å²) in [5.74, 6) is -1.69. The van der Waals surface area contributed by atoms with Gasteiger partial charge in [0.25, 0.3) is 5.91 Å². The smallest absolute Gasteiger partial charge is 0.354 e. The van der Waals surface area contributed by atoms with Crippen LogP contribution in [0.25, 0.3) is 0 Å². The zero-order chi connectivity index (χ0) is 14.5. The van der Waals surface area contributed by atoms with Gasteiger partial charge in [-0.15, -0.1) is 0 Å². The first-order chi connectivity index (χ1) is 9.58. The lowest BCUT2D eigenvalue weighted by molar-refractivity contribution is 0.0685. The van der Waals surface area contributed by atoms with Crippen molar-refractivity contribution in [1.29, 1.82) is 0 Å². The van der Waals surface area contributed by atoms with Crippen LogP contribution in [0.4, 0.5) is 0 Å². The summed E-state index contributed by atoms with van der Waals surface area (Å²) < 4.78 is 0. The molecule has 0 aliphatic rings. The van der Waals surface area contributed by atoms with Crippen molar-refractivity contribution >= 4 is 11.9 Å². The molecule has 0 saturated carbocycles. The van der Waals surface area contributed by atoms with E-state index in [0.29, 0.717) is 13.0 Å². The van der Waals surface area contributed by atoms with E-state index >= 15 is 0 Å². The van der Waals surface area contributed by atoms with Gasteiger partial charge >= 0.3 is 5.97 Å². The second kappa shape index (κ2) is 6.01. The summed E-state index contributed by atoms with van der Waals surface area (Å²) in [5, 5.41) is 11.5. The van der Waals surface area contributed by atoms with Gasteiger partial charge in [0.15, 0.2) is 11.4 Å². The fourth-order valence-corrected chi connectivity index (χ4v) is 1.90. The highest BCUT2D eigenvalue weighted by molar-refractivity contribution is 6.02. The largest absolute Gasteiger partial charge is 0.477 e. The van der Waals surface area contributed by atoms with Crippen molar-refractivity contribution in [1.82, 2.24) is 15.3 Å². The zero-order valence-corrected chi connectivity index (χ0v) is 11.0. The highest BCUT2D eigenvalue weighted by atomic mass is 16.4. The molecule has 6 nitrogen and oxygen atoms in total. The molecule has 0 bridgehead atoms. The monoisotopic (exact) mass is 273 g/mol. The maximum atomic E-state index is 11.8. The third-order valence-corrected chi connectivity index (χ3v) is 2.85. The summed E-state index contributed by atoms with van der Waals surface area (Å²) in [5.41, 5.74) is 1.99. The summed E-state index contributed by atoms with van der Waals surface area (Å²) in [7, 11) is 0. The van der Waals surface area contributed by atoms with Crippen LogP contribution >= 0.6 is 0 Å². The molecule has 0 radical (unpaired) electrons. The first-order valence-electron chi connectivity index (χ1n) is 6.18. The van der Waals surface area contributed by atoms with Crippen LogP contribution < -0.4 is 5.32 Å². The van der Waals surface area contributed by atoms with Crippen LogP contribution in [0.3, 0.4) is 0 Å². The van der Waals surface area contributed by atoms with Gasteiger partial charge in [-0.1, -0.05) is 29.8 Å². The van der Waals surface area contributed by atoms with Crippen molar-refractivity contribution < 1.29 is 14.7 Å². The predicted molar refractivity (Wildman–Crippen MR) is 72.8 cm³/mol. The number of aromatic nitrogens is 2. The molecule has 1 amide bonds. The quantitative estimate of drug-likeness (QED) is 0.767. The number of aryl methyl sites for hydroxylation is 1. The second-order valence-electron chi connectivity index (χ2n) is 4.43. The normalized spacial score (nSPS) is 10.2. The second-order valence-corrected chi connectivity index (χ2v) is 4.43. The van der Waals surface area contributed by atoms with Gasteiger partial charge in [0.2, 0.25) is 0 Å². The Labute approximate surface area is 115 Å². The molecule has 0 aliphatic carbocycles. The lowest BCUT2D eigenvalue weighted by Gasteiger charge is -2.05. The molecule has 104 valence electrons. The molecule has 0 atom stereocenters. The van der Waals surface area contributed by atoms with Gasteiger partial charge < -0.3 is 15.4 Å². The van der Waals surface area contributed by atoms with Crippen LogP contribution in [-0.4, -0.2) is 33.5 Å². The maximum absolute atomic E-state index is 11.8. The average molecular weight is 273 g/mol. The van der Waals surface area contributed by atoms with Crippen LogP contribution in [0, 0.1) is 6.92 Å². The lowest BCUT2D eigenvalue weighted by atomic mass is 10.1. The summed E-state index contributed by atoms with van der Waals surface area (Å²) in [6.45, 7) is 2.43. The average Bonchev–Trinajstić information content (AvgIpc) is 2.88. The zero-order valence-electron chi connectivity index (χ0n) is 11.0. The van der Waals surface area contributed by atoms with Gasteiger partial charge in [-0.2, -0.15) is 0 Å². The highest BCUT2D eigenvalue weighted by Crippen LogP contribution is 2.05. The van der Waals surface area contributed by atoms with E-state index in [9.17, 15) is 9.59 Å². The Hall–Kier alpha value is -2.63. The van der Waals surface area contributed by atoms with E-state index in [1.54, 1.807) is 0 Å². The molecule has 1 heterocycles. The molecule has 2 rings (SSSR count). The van der Waals surface area contributed by atoms with E-state index in [0.717, 1.165) is 11.1 Å². The van der Waals surface area contributed by atoms with Gasteiger partial charge in [-0.3, -0.25) is 4.79 Å². The van der Waals surface area contributed by atoms with Gasteiger partial charge in [0.05, 0.1) is 6.33 Å². The fraction of sp³-hybridized carbons (Fsp3) is 0.214. The number of carbonyl (C=O) groups is 2. The number of carboxylic acid groups (broad SMARTS) is 1. The molecular formula is C14H15N3O3. The van der Waals surface area contributed by atoms with Crippen LogP contribution in [0.1, 0.15) is 32.1 Å². The number of nitrogens with one attached hydrogen (secondary N) is 2. The van der Waals surface area contributed by atoms with E-state index in [4.69, 9.17) is 5.11 Å². The molecule has 3 N–H and O–H groups in total. The molecule has 0 aliphatic heterocycles. The Balaban J connectivity index is 1.92. The summed E-state index contributed by atoms with van der Waals surface area (Å²) >= 11 is 0. The number of carbonyl (C=O) groups excluding carboxylic acids is 1. The van der Waals surface area contributed by atoms with Crippen molar-refractivity contribution in [2.45, 2.75) is 13.3 Å². The standard InChI is InChI=1S/C14H15N3O3/c1-9-3-2-4-10(7-9)5-6-15-13(18)11-12(14(19)20)17-8-16-11/h2-4,7-8H,5-6H2,1H3,(H,15,18)(H,16,17)(H,19,20). The van der Waals surface area contributed by atoms with E-state index in [2.05, 4.69) is 15.3 Å². The molecule has 6 heteroatoms. The summed E-state index contributed by atoms with van der Waals surface area (Å²) in [4.78, 5) is 28.9. The summed E-state index contributed by atoms with van der Waals surface area (Å²) in [6, 6.07) is 7.99. The molecule has 0 spiro atoms. The number of hydrogen-bond acceptors (Lipinski definition) is 3. The van der Waals surface area contributed by atoms with Crippen LogP contribution in [0.5, 0.6) is 0 Å². The minimum atomic E-state index is -1.20. The number of imidazole rings is 1. The molecule has 0 saturated heterocycles. The number of carboxylic acids is 1. The van der Waals surface area contributed by atoms with E-state index in [1.807, 2.05) is 31.2 Å². The number of amides is 1. The maximum Gasteiger partial charge on any atom is 0.354 e. The van der Waals surface area contributed by atoms with Gasteiger partial charge in [0.1, 0.15) is 0 Å². The van der Waals surface area contributed by atoms with E-state index < -0.39 is 11.9 Å². The number of rotatable bonds is 5. The highest BCUT2D eigenvalue weighted by Gasteiger charge is 2.18. The topological polar surface area (TPSA) is 95.1 Å². The summed E-state index contributed by atoms with van der Waals surface area (Å²) in [6.07, 6.45) is 1.87. The molecule has 0 fully saturated rings. The molecule has 1 aromatic carbocycles. The van der Waals surface area contributed by atoms with Crippen LogP contribution in [0.2, 0.25) is 0 Å². The first kappa shape index (κ1) is 13.8. The molecule has 20 heavy (non-hydrogen) atoms. The van der Waals surface area contributed by atoms with E-state index in [1.165, 1.54) is 6.33 Å². The minimum absolute atomic E-state index is 0.0956. The molecular weight excluding hydrogens is 258 g/mol. The molecule has 1 aromatic heterocycles. The number of nitrogens with zero attached hydrogens (tertiary/aromatic N) is 1. The lowest BCUT2D eigenvalue weighted by Crippen LogP contribution is -2.27.